The Labute approximate surface area is 117 Å². The summed E-state index contributed by atoms with van der Waals surface area (Å²) < 4.78 is 10.9. The van der Waals surface area contributed by atoms with Crippen LogP contribution in [0.2, 0.25) is 0 Å². The molecule has 0 radical (unpaired) electrons. The predicted octanol–water partition coefficient (Wildman–Crippen LogP) is 1.39. The highest BCUT2D eigenvalue weighted by molar-refractivity contribution is 5.79. The summed E-state index contributed by atoms with van der Waals surface area (Å²) in [4.78, 5) is 4.50. The second-order valence-electron chi connectivity index (χ2n) is 4.76. The molecule has 1 rings (SSSR count). The van der Waals surface area contributed by atoms with Crippen molar-refractivity contribution < 1.29 is 9.47 Å². The Kier molecular flexibility index (Phi) is 9.45. The van der Waals surface area contributed by atoms with Crippen LogP contribution in [0.25, 0.3) is 0 Å². The van der Waals surface area contributed by atoms with Crippen LogP contribution in [-0.2, 0) is 9.47 Å². The van der Waals surface area contributed by atoms with Crippen LogP contribution in [0.5, 0.6) is 0 Å². The van der Waals surface area contributed by atoms with Crippen molar-refractivity contribution in [3.8, 4) is 0 Å². The Morgan fingerprint density at radius 1 is 1.16 bits per heavy atom. The molecule has 1 fully saturated rings. The topological polar surface area (TPSA) is 54.9 Å². The maximum atomic E-state index is 5.58. The molecule has 112 valence electrons. The van der Waals surface area contributed by atoms with Gasteiger partial charge in [0.1, 0.15) is 0 Å². The van der Waals surface area contributed by atoms with E-state index in [1.165, 1.54) is 12.8 Å². The molecule has 5 heteroatoms. The standard InChI is InChI=1S/C14H29N3O2/c1-3-15-14(17-9-11-18-4-2)16-8-5-10-19-12-13-6-7-13/h13H,3-12H2,1-2H3,(H2,15,16,17). The van der Waals surface area contributed by atoms with Gasteiger partial charge >= 0.3 is 0 Å². The molecule has 0 amide bonds. The zero-order chi connectivity index (χ0) is 13.8. The van der Waals surface area contributed by atoms with Crippen molar-refractivity contribution in [1.82, 2.24) is 10.6 Å². The minimum Gasteiger partial charge on any atom is -0.381 e. The summed E-state index contributed by atoms with van der Waals surface area (Å²) in [6.07, 6.45) is 3.69. The van der Waals surface area contributed by atoms with Gasteiger partial charge in [-0.25, -0.2) is 0 Å². The van der Waals surface area contributed by atoms with Gasteiger partial charge in [-0.05, 0) is 39.0 Å². The number of guanidine groups is 1. The van der Waals surface area contributed by atoms with Crippen LogP contribution >= 0.6 is 0 Å². The fourth-order valence-corrected chi connectivity index (χ4v) is 1.62. The van der Waals surface area contributed by atoms with Crippen LogP contribution in [0.1, 0.15) is 33.1 Å². The molecule has 0 spiro atoms. The van der Waals surface area contributed by atoms with E-state index in [4.69, 9.17) is 9.47 Å². The number of hydrogen-bond acceptors (Lipinski definition) is 3. The highest BCUT2D eigenvalue weighted by Gasteiger charge is 2.20. The molecule has 0 aromatic carbocycles. The first kappa shape index (κ1) is 16.2. The van der Waals surface area contributed by atoms with Crippen LogP contribution in [0, 0.1) is 5.92 Å². The number of nitrogens with zero attached hydrogens (tertiary/aromatic N) is 1. The molecule has 0 unspecified atom stereocenters. The first-order valence-electron chi connectivity index (χ1n) is 7.54. The lowest BCUT2D eigenvalue weighted by Gasteiger charge is -2.11. The van der Waals surface area contributed by atoms with Gasteiger partial charge < -0.3 is 20.1 Å². The van der Waals surface area contributed by atoms with Crippen LogP contribution in [0.4, 0.5) is 0 Å². The monoisotopic (exact) mass is 271 g/mol. The minimum atomic E-state index is 0.714. The van der Waals surface area contributed by atoms with Gasteiger partial charge in [0.2, 0.25) is 0 Å². The van der Waals surface area contributed by atoms with E-state index in [-0.39, 0.29) is 0 Å². The van der Waals surface area contributed by atoms with Crippen molar-refractivity contribution in [2.24, 2.45) is 10.9 Å². The van der Waals surface area contributed by atoms with Crippen molar-refractivity contribution in [3.63, 3.8) is 0 Å². The zero-order valence-electron chi connectivity index (χ0n) is 12.4. The fraction of sp³-hybridized carbons (Fsp3) is 0.929. The van der Waals surface area contributed by atoms with Crippen molar-refractivity contribution in [2.45, 2.75) is 33.1 Å². The van der Waals surface area contributed by atoms with E-state index in [1.54, 1.807) is 0 Å². The molecular weight excluding hydrogens is 242 g/mol. The smallest absolute Gasteiger partial charge is 0.191 e. The molecule has 19 heavy (non-hydrogen) atoms. The summed E-state index contributed by atoms with van der Waals surface area (Å²) in [6, 6.07) is 0. The molecule has 0 heterocycles. The van der Waals surface area contributed by atoms with Gasteiger partial charge in [0.25, 0.3) is 0 Å². The predicted molar refractivity (Wildman–Crippen MR) is 78.6 cm³/mol. The summed E-state index contributed by atoms with van der Waals surface area (Å²) in [5.74, 6) is 1.71. The van der Waals surface area contributed by atoms with E-state index in [9.17, 15) is 0 Å². The van der Waals surface area contributed by atoms with E-state index in [2.05, 4.69) is 22.5 Å². The van der Waals surface area contributed by atoms with Gasteiger partial charge in [-0.2, -0.15) is 0 Å². The van der Waals surface area contributed by atoms with Gasteiger partial charge in [0, 0.05) is 39.5 Å². The Bertz CT molecular complexity index is 243. The normalized spacial score (nSPS) is 15.6. The van der Waals surface area contributed by atoms with E-state index in [0.29, 0.717) is 6.61 Å². The Balaban J connectivity index is 2.01. The van der Waals surface area contributed by atoms with Crippen LogP contribution in [0.15, 0.2) is 4.99 Å². The Hall–Kier alpha value is -0.810. The lowest BCUT2D eigenvalue weighted by atomic mass is 10.4. The first-order valence-corrected chi connectivity index (χ1v) is 7.54. The molecule has 0 aromatic rings. The van der Waals surface area contributed by atoms with E-state index >= 15 is 0 Å². The van der Waals surface area contributed by atoms with Crippen molar-refractivity contribution in [2.75, 3.05) is 46.1 Å². The fourth-order valence-electron chi connectivity index (χ4n) is 1.62. The number of aliphatic imine (C=N–C) groups is 1. The van der Waals surface area contributed by atoms with Crippen LogP contribution in [-0.4, -0.2) is 52.0 Å². The number of rotatable bonds is 11. The van der Waals surface area contributed by atoms with Gasteiger partial charge in [0.15, 0.2) is 5.96 Å². The summed E-state index contributed by atoms with van der Waals surface area (Å²) in [5.41, 5.74) is 0. The van der Waals surface area contributed by atoms with Gasteiger partial charge in [0.05, 0.1) is 6.61 Å². The molecule has 5 nitrogen and oxygen atoms in total. The Morgan fingerprint density at radius 2 is 2.00 bits per heavy atom. The lowest BCUT2D eigenvalue weighted by molar-refractivity contribution is 0.123. The van der Waals surface area contributed by atoms with Crippen LogP contribution < -0.4 is 10.6 Å². The second kappa shape index (κ2) is 11.1. The van der Waals surface area contributed by atoms with Crippen molar-refractivity contribution in [1.29, 1.82) is 0 Å². The third-order valence-electron chi connectivity index (χ3n) is 2.85. The third kappa shape index (κ3) is 9.73. The maximum Gasteiger partial charge on any atom is 0.191 e. The number of ether oxygens (including phenoxy) is 2. The van der Waals surface area contributed by atoms with E-state index < -0.39 is 0 Å². The number of hydrogen-bond donors (Lipinski definition) is 2. The molecule has 0 saturated heterocycles. The van der Waals surface area contributed by atoms with Gasteiger partial charge in [-0.1, -0.05) is 0 Å². The summed E-state index contributed by atoms with van der Waals surface area (Å²) in [7, 11) is 0. The van der Waals surface area contributed by atoms with Gasteiger partial charge in [-0.3, -0.25) is 4.99 Å². The highest BCUT2D eigenvalue weighted by Crippen LogP contribution is 2.28. The van der Waals surface area contributed by atoms with Crippen molar-refractivity contribution >= 4 is 5.96 Å². The largest absolute Gasteiger partial charge is 0.381 e. The SMILES string of the molecule is CCNC(=NCCCOCC1CC1)NCCOCC. The third-order valence-corrected chi connectivity index (χ3v) is 2.85. The minimum absolute atomic E-state index is 0.714. The Morgan fingerprint density at radius 3 is 2.68 bits per heavy atom. The van der Waals surface area contributed by atoms with Gasteiger partial charge in [-0.15, -0.1) is 0 Å². The quantitative estimate of drug-likeness (QED) is 0.339. The first-order chi connectivity index (χ1) is 9.36. The average molecular weight is 271 g/mol. The van der Waals surface area contributed by atoms with E-state index in [0.717, 1.165) is 57.8 Å². The molecule has 0 bridgehead atoms. The maximum absolute atomic E-state index is 5.58. The number of nitrogens with one attached hydrogen (secondary N) is 2. The molecular formula is C14H29N3O2. The highest BCUT2D eigenvalue weighted by atomic mass is 16.5. The van der Waals surface area contributed by atoms with Crippen LogP contribution in [0.3, 0.4) is 0 Å². The molecule has 0 aliphatic heterocycles. The zero-order valence-corrected chi connectivity index (χ0v) is 12.4. The average Bonchev–Trinajstić information content (AvgIpc) is 3.22. The molecule has 2 N–H and O–H groups in total. The summed E-state index contributed by atoms with van der Waals surface area (Å²) in [6.45, 7) is 9.76. The van der Waals surface area contributed by atoms with E-state index in [1.807, 2.05) is 6.92 Å². The summed E-state index contributed by atoms with van der Waals surface area (Å²) in [5, 5.41) is 6.47. The lowest BCUT2D eigenvalue weighted by Crippen LogP contribution is -2.39. The molecule has 0 aromatic heterocycles. The molecule has 1 saturated carbocycles. The second-order valence-corrected chi connectivity index (χ2v) is 4.76. The molecule has 1 aliphatic rings. The summed E-state index contributed by atoms with van der Waals surface area (Å²) >= 11 is 0. The molecule has 0 atom stereocenters. The van der Waals surface area contributed by atoms with Crippen molar-refractivity contribution in [3.05, 3.63) is 0 Å². The molecule has 1 aliphatic carbocycles.